The minimum absolute atomic E-state index is 0.0934. The fourth-order valence-electron chi connectivity index (χ4n) is 2.68. The number of hydrogen-bond donors (Lipinski definition) is 0. The topological polar surface area (TPSA) is 69.8 Å². The molecule has 2 aromatic rings. The van der Waals surface area contributed by atoms with Crippen LogP contribution in [0.1, 0.15) is 41.6 Å². The highest BCUT2D eigenvalue weighted by molar-refractivity contribution is 5.97. The van der Waals surface area contributed by atoms with Gasteiger partial charge in [-0.3, -0.25) is 9.59 Å². The molecule has 104 valence electrons. The van der Waals surface area contributed by atoms with E-state index in [4.69, 9.17) is 0 Å². The molecule has 20 heavy (non-hydrogen) atoms. The van der Waals surface area contributed by atoms with Crippen LogP contribution in [0, 0.1) is 0 Å². The summed E-state index contributed by atoms with van der Waals surface area (Å²) in [5.41, 5.74) is 1.42. The van der Waals surface area contributed by atoms with E-state index >= 15 is 0 Å². The summed E-state index contributed by atoms with van der Waals surface area (Å²) < 4.78 is 3.42. The van der Waals surface area contributed by atoms with E-state index in [1.54, 1.807) is 15.3 Å². The molecule has 0 atom stereocenters. The minimum Gasteiger partial charge on any atom is -0.304 e. The van der Waals surface area contributed by atoms with Crippen LogP contribution in [0.4, 0.5) is 0 Å². The summed E-state index contributed by atoms with van der Waals surface area (Å²) in [6.45, 7) is 3.05. The molecule has 0 saturated carbocycles. The second-order valence-electron chi connectivity index (χ2n) is 4.89. The Hall–Kier alpha value is -2.24. The summed E-state index contributed by atoms with van der Waals surface area (Å²) in [4.78, 5) is 28.2. The summed E-state index contributed by atoms with van der Waals surface area (Å²) in [7, 11) is 0. The summed E-state index contributed by atoms with van der Waals surface area (Å²) in [5.74, 6) is 0.859. The van der Waals surface area contributed by atoms with E-state index in [1.807, 2.05) is 6.92 Å². The predicted octanol–water partition coefficient (Wildman–Crippen LogP) is 1.03. The van der Waals surface area contributed by atoms with Crippen LogP contribution in [0.25, 0.3) is 0 Å². The minimum atomic E-state index is -0.0934. The van der Waals surface area contributed by atoms with Crippen LogP contribution in [0.2, 0.25) is 0 Å². The molecule has 0 unspecified atom stereocenters. The van der Waals surface area contributed by atoms with Crippen LogP contribution in [-0.4, -0.2) is 25.1 Å². The fourth-order valence-corrected chi connectivity index (χ4v) is 2.68. The van der Waals surface area contributed by atoms with Crippen LogP contribution in [0.15, 0.2) is 23.3 Å². The second kappa shape index (κ2) is 5.03. The van der Waals surface area contributed by atoms with Gasteiger partial charge in [0.25, 0.3) is 5.56 Å². The Morgan fingerprint density at radius 1 is 1.25 bits per heavy atom. The van der Waals surface area contributed by atoms with Crippen molar-refractivity contribution in [1.29, 1.82) is 0 Å². The molecule has 0 spiro atoms. The van der Waals surface area contributed by atoms with Crippen molar-refractivity contribution >= 4 is 5.78 Å². The zero-order valence-electron chi connectivity index (χ0n) is 11.4. The van der Waals surface area contributed by atoms with Crippen molar-refractivity contribution in [2.75, 3.05) is 0 Å². The van der Waals surface area contributed by atoms with Gasteiger partial charge < -0.3 is 4.57 Å². The maximum atomic E-state index is 12.1. The van der Waals surface area contributed by atoms with E-state index in [1.165, 1.54) is 12.4 Å². The molecule has 6 heteroatoms. The first kappa shape index (κ1) is 12.8. The van der Waals surface area contributed by atoms with Crippen LogP contribution in [0.3, 0.4) is 0 Å². The molecule has 1 aliphatic carbocycles. The van der Waals surface area contributed by atoms with E-state index in [0.29, 0.717) is 25.1 Å². The third-order valence-corrected chi connectivity index (χ3v) is 3.71. The molecule has 0 amide bonds. The van der Waals surface area contributed by atoms with Gasteiger partial charge in [0.1, 0.15) is 12.2 Å². The average molecular weight is 272 g/mol. The molecule has 2 heterocycles. The number of pyridine rings is 1. The SMILES string of the molecule is CCn1ncnc1Cn1c2c(ccc1=O)C(=O)CCC2. The Labute approximate surface area is 116 Å². The molecule has 0 fully saturated rings. The number of fused-ring (bicyclic) bond motifs is 1. The Bertz CT molecular complexity index is 714. The van der Waals surface area contributed by atoms with Gasteiger partial charge >= 0.3 is 0 Å². The van der Waals surface area contributed by atoms with E-state index in [9.17, 15) is 9.59 Å². The zero-order valence-corrected chi connectivity index (χ0v) is 11.4. The number of aromatic nitrogens is 4. The van der Waals surface area contributed by atoms with Crippen LogP contribution in [0.5, 0.6) is 0 Å². The first-order valence-electron chi connectivity index (χ1n) is 6.83. The number of carbonyl (C=O) groups excluding carboxylic acids is 1. The van der Waals surface area contributed by atoms with Gasteiger partial charge in [-0.15, -0.1) is 0 Å². The highest BCUT2D eigenvalue weighted by Gasteiger charge is 2.21. The first-order chi connectivity index (χ1) is 9.70. The lowest BCUT2D eigenvalue weighted by molar-refractivity contribution is 0.0970. The van der Waals surface area contributed by atoms with Gasteiger partial charge in [0.2, 0.25) is 0 Å². The molecule has 0 N–H and O–H groups in total. The molecular formula is C14H16N4O2. The Morgan fingerprint density at radius 2 is 2.10 bits per heavy atom. The molecule has 2 aromatic heterocycles. The van der Waals surface area contributed by atoms with Gasteiger partial charge in [-0.2, -0.15) is 5.10 Å². The number of ketones is 1. The van der Waals surface area contributed by atoms with Crippen molar-refractivity contribution in [1.82, 2.24) is 19.3 Å². The van der Waals surface area contributed by atoms with Gasteiger partial charge in [0.05, 0.1) is 6.54 Å². The van der Waals surface area contributed by atoms with E-state index in [0.717, 1.165) is 24.4 Å². The number of aryl methyl sites for hydroxylation is 1. The van der Waals surface area contributed by atoms with Gasteiger partial charge in [-0.25, -0.2) is 9.67 Å². The summed E-state index contributed by atoms with van der Waals surface area (Å²) in [5, 5.41) is 4.11. The molecule has 0 aromatic carbocycles. The van der Waals surface area contributed by atoms with Crippen molar-refractivity contribution in [3.63, 3.8) is 0 Å². The Morgan fingerprint density at radius 3 is 2.90 bits per heavy atom. The molecule has 0 saturated heterocycles. The molecule has 3 rings (SSSR count). The lowest BCUT2D eigenvalue weighted by atomic mass is 9.94. The highest BCUT2D eigenvalue weighted by atomic mass is 16.1. The second-order valence-corrected chi connectivity index (χ2v) is 4.89. The van der Waals surface area contributed by atoms with Crippen molar-refractivity contribution in [3.05, 3.63) is 45.9 Å². The summed E-state index contributed by atoms with van der Waals surface area (Å²) >= 11 is 0. The lowest BCUT2D eigenvalue weighted by Gasteiger charge is -2.19. The molecule has 0 radical (unpaired) electrons. The quantitative estimate of drug-likeness (QED) is 0.836. The van der Waals surface area contributed by atoms with E-state index < -0.39 is 0 Å². The third-order valence-electron chi connectivity index (χ3n) is 3.71. The molecule has 6 nitrogen and oxygen atoms in total. The fraction of sp³-hybridized carbons (Fsp3) is 0.429. The van der Waals surface area contributed by atoms with Gasteiger partial charge in [-0.1, -0.05) is 0 Å². The summed E-state index contributed by atoms with van der Waals surface area (Å²) in [6, 6.07) is 3.12. The lowest BCUT2D eigenvalue weighted by Crippen LogP contribution is -2.29. The number of rotatable bonds is 3. The molecule has 1 aliphatic rings. The average Bonchev–Trinajstić information content (AvgIpc) is 2.89. The van der Waals surface area contributed by atoms with Crippen molar-refractivity contribution in [2.45, 2.75) is 39.3 Å². The smallest absolute Gasteiger partial charge is 0.251 e. The maximum Gasteiger partial charge on any atom is 0.251 e. The highest BCUT2D eigenvalue weighted by Crippen LogP contribution is 2.20. The third kappa shape index (κ3) is 2.07. The van der Waals surface area contributed by atoms with Gasteiger partial charge in [0, 0.05) is 30.3 Å². The predicted molar refractivity (Wildman–Crippen MR) is 72.8 cm³/mol. The van der Waals surface area contributed by atoms with Crippen LogP contribution >= 0.6 is 0 Å². The Kier molecular flexibility index (Phi) is 3.22. The molecular weight excluding hydrogens is 256 g/mol. The largest absolute Gasteiger partial charge is 0.304 e. The van der Waals surface area contributed by atoms with E-state index in [-0.39, 0.29) is 11.3 Å². The zero-order chi connectivity index (χ0) is 14.1. The maximum absolute atomic E-state index is 12.1. The number of Topliss-reactive ketones (excluding diaryl/α,β-unsaturated/α-hetero) is 1. The normalized spacial score (nSPS) is 14.3. The van der Waals surface area contributed by atoms with Crippen molar-refractivity contribution in [2.24, 2.45) is 0 Å². The van der Waals surface area contributed by atoms with Crippen molar-refractivity contribution in [3.8, 4) is 0 Å². The first-order valence-corrected chi connectivity index (χ1v) is 6.83. The number of carbonyl (C=O) groups is 1. The monoisotopic (exact) mass is 272 g/mol. The molecule has 0 bridgehead atoms. The number of hydrogen-bond acceptors (Lipinski definition) is 4. The number of nitrogens with zero attached hydrogens (tertiary/aromatic N) is 4. The van der Waals surface area contributed by atoms with Crippen LogP contribution in [-0.2, 0) is 19.5 Å². The summed E-state index contributed by atoms with van der Waals surface area (Å²) in [6.07, 6.45) is 3.62. The standard InChI is InChI=1S/C14H16N4O2/c1-2-18-13(15-9-16-18)8-17-11-4-3-5-12(19)10(11)6-7-14(17)20/h6-7,9H,2-5,8H2,1H3. The Balaban J connectivity index is 2.07. The van der Waals surface area contributed by atoms with Crippen molar-refractivity contribution < 1.29 is 4.79 Å². The molecule has 0 aliphatic heterocycles. The van der Waals surface area contributed by atoms with E-state index in [2.05, 4.69) is 10.1 Å². The van der Waals surface area contributed by atoms with Gasteiger partial charge in [0.15, 0.2) is 5.78 Å². The van der Waals surface area contributed by atoms with Gasteiger partial charge in [-0.05, 0) is 25.8 Å². The van der Waals surface area contributed by atoms with Crippen LogP contribution < -0.4 is 5.56 Å².